The molecule has 1 unspecified atom stereocenters. The van der Waals surface area contributed by atoms with Gasteiger partial charge in [0, 0.05) is 4.88 Å². The van der Waals surface area contributed by atoms with Crippen LogP contribution in [-0.2, 0) is 22.4 Å². The number of fused-ring (bicyclic) bond motifs is 1. The quantitative estimate of drug-likeness (QED) is 0.854. The van der Waals surface area contributed by atoms with E-state index in [9.17, 15) is 4.79 Å². The van der Waals surface area contributed by atoms with Crippen molar-refractivity contribution in [1.29, 1.82) is 0 Å². The molecule has 0 amide bonds. The molecular weight excluding hydrogens is 310 g/mol. The van der Waals surface area contributed by atoms with E-state index >= 15 is 0 Å². The number of aromatic nitrogens is 3. The number of imidazole rings is 1. The van der Waals surface area contributed by atoms with E-state index in [4.69, 9.17) is 4.98 Å². The molecule has 0 radical (unpaired) electrons. The minimum absolute atomic E-state index is 0.431. The maximum absolute atomic E-state index is 9.18. The molecule has 2 heterocycles. The Morgan fingerprint density at radius 1 is 1.48 bits per heavy atom. The smallest absolute Gasteiger partial charge is 0.293 e. The number of carbonyl (C=O) groups is 1. The Morgan fingerprint density at radius 3 is 2.74 bits per heavy atom. The summed E-state index contributed by atoms with van der Waals surface area (Å²) in [4.78, 5) is 22.8. The van der Waals surface area contributed by atoms with E-state index in [2.05, 4.69) is 21.6 Å². The van der Waals surface area contributed by atoms with Crippen LogP contribution in [0.5, 0.6) is 0 Å². The molecular formula is C17H27N3O2S. The first kappa shape index (κ1) is 19.4. The standard InChI is InChI=1S/C12H15N3S.C3H6O2.C2H6/c1-7-3-4-9-11(5-7)16-12(15-9)10-6-13-8(2)14-10;1-2-5-3-4;1-2/h6-7H,3-5H2,1-2H3,(H,13,14);3H,2H2,1H3;1-2H3. The van der Waals surface area contributed by atoms with Crippen LogP contribution < -0.4 is 0 Å². The van der Waals surface area contributed by atoms with E-state index < -0.39 is 0 Å². The first-order chi connectivity index (χ1) is 11.1. The van der Waals surface area contributed by atoms with Gasteiger partial charge in [-0.1, -0.05) is 20.8 Å². The molecule has 1 aliphatic rings. The number of nitrogens with one attached hydrogen (secondary N) is 1. The van der Waals surface area contributed by atoms with Crippen LogP contribution in [0.4, 0.5) is 0 Å². The van der Waals surface area contributed by atoms with Gasteiger partial charge in [0.25, 0.3) is 6.47 Å². The Hall–Kier alpha value is -1.69. The van der Waals surface area contributed by atoms with Gasteiger partial charge in [0.05, 0.1) is 24.2 Å². The van der Waals surface area contributed by atoms with Gasteiger partial charge in [-0.05, 0) is 39.0 Å². The lowest BCUT2D eigenvalue weighted by Gasteiger charge is -2.15. The van der Waals surface area contributed by atoms with Crippen molar-refractivity contribution >= 4 is 17.8 Å². The van der Waals surface area contributed by atoms with Crippen LogP contribution in [0.15, 0.2) is 6.20 Å². The number of ether oxygens (including phenoxy) is 1. The average Bonchev–Trinajstić information content (AvgIpc) is 3.16. The average molecular weight is 337 g/mol. The van der Waals surface area contributed by atoms with Gasteiger partial charge in [-0.2, -0.15) is 0 Å². The zero-order valence-electron chi connectivity index (χ0n) is 14.7. The highest BCUT2D eigenvalue weighted by atomic mass is 32.1. The number of aryl methyl sites for hydroxylation is 2. The van der Waals surface area contributed by atoms with Crippen LogP contribution in [0.3, 0.4) is 0 Å². The predicted octanol–water partition coefficient (Wildman–Crippen LogP) is 4.17. The van der Waals surface area contributed by atoms with Crippen LogP contribution in [0, 0.1) is 12.8 Å². The van der Waals surface area contributed by atoms with Crippen molar-refractivity contribution in [2.24, 2.45) is 5.92 Å². The maximum atomic E-state index is 9.18. The lowest BCUT2D eigenvalue weighted by molar-refractivity contribution is -0.128. The number of hydrogen-bond acceptors (Lipinski definition) is 5. The molecule has 5 nitrogen and oxygen atoms in total. The molecule has 0 saturated heterocycles. The Balaban J connectivity index is 0.000000327. The molecule has 1 aliphatic carbocycles. The summed E-state index contributed by atoms with van der Waals surface area (Å²) in [6.45, 7) is 11.0. The number of rotatable bonds is 3. The van der Waals surface area contributed by atoms with Gasteiger partial charge in [0.1, 0.15) is 10.8 Å². The number of H-pyrrole nitrogens is 1. The fraction of sp³-hybridized carbons (Fsp3) is 0.588. The fourth-order valence-electron chi connectivity index (χ4n) is 2.25. The van der Waals surface area contributed by atoms with Crippen LogP contribution >= 0.6 is 11.3 Å². The lowest BCUT2D eigenvalue weighted by atomic mass is 9.93. The highest BCUT2D eigenvalue weighted by Crippen LogP contribution is 2.33. The Bertz CT molecular complexity index is 592. The van der Waals surface area contributed by atoms with E-state index in [0.717, 1.165) is 28.9 Å². The second-order valence-corrected chi connectivity index (χ2v) is 6.25. The van der Waals surface area contributed by atoms with Crippen LogP contribution in [0.2, 0.25) is 0 Å². The highest BCUT2D eigenvalue weighted by Gasteiger charge is 2.20. The summed E-state index contributed by atoms with van der Waals surface area (Å²) in [5.74, 6) is 1.76. The van der Waals surface area contributed by atoms with E-state index in [0.29, 0.717) is 13.1 Å². The Kier molecular flexibility index (Phi) is 8.55. The number of aromatic amines is 1. The zero-order chi connectivity index (χ0) is 17.2. The minimum atomic E-state index is 0.431. The van der Waals surface area contributed by atoms with Crippen molar-refractivity contribution < 1.29 is 9.53 Å². The van der Waals surface area contributed by atoms with E-state index in [1.807, 2.05) is 38.3 Å². The summed E-state index contributed by atoms with van der Waals surface area (Å²) in [6.07, 6.45) is 5.49. The SMILES string of the molecule is CC.CCOC=O.Cc1ncc(-c2nc3c(s2)CC(C)CC3)[nH]1. The molecule has 0 fully saturated rings. The van der Waals surface area contributed by atoms with Crippen molar-refractivity contribution in [2.45, 2.75) is 53.9 Å². The third-order valence-electron chi connectivity index (χ3n) is 3.35. The summed E-state index contributed by atoms with van der Waals surface area (Å²) in [5, 5.41) is 1.10. The van der Waals surface area contributed by atoms with Crippen LogP contribution in [0.1, 0.15) is 50.5 Å². The fourth-order valence-corrected chi connectivity index (χ4v) is 3.49. The summed E-state index contributed by atoms with van der Waals surface area (Å²) in [7, 11) is 0. The zero-order valence-corrected chi connectivity index (χ0v) is 15.5. The molecule has 0 saturated carbocycles. The van der Waals surface area contributed by atoms with Gasteiger partial charge >= 0.3 is 0 Å². The van der Waals surface area contributed by atoms with Crippen molar-refractivity contribution in [1.82, 2.24) is 15.0 Å². The van der Waals surface area contributed by atoms with Crippen LogP contribution in [-0.4, -0.2) is 28.0 Å². The molecule has 1 N–H and O–H groups in total. The highest BCUT2D eigenvalue weighted by molar-refractivity contribution is 7.15. The van der Waals surface area contributed by atoms with Gasteiger partial charge in [0.15, 0.2) is 0 Å². The van der Waals surface area contributed by atoms with E-state index in [1.165, 1.54) is 23.4 Å². The molecule has 128 valence electrons. The van der Waals surface area contributed by atoms with Gasteiger partial charge in [-0.15, -0.1) is 11.3 Å². The third-order valence-corrected chi connectivity index (χ3v) is 4.51. The topological polar surface area (TPSA) is 67.9 Å². The lowest BCUT2D eigenvalue weighted by Crippen LogP contribution is -2.09. The minimum Gasteiger partial charge on any atom is -0.468 e. The molecule has 0 aliphatic heterocycles. The van der Waals surface area contributed by atoms with E-state index in [1.54, 1.807) is 6.92 Å². The summed E-state index contributed by atoms with van der Waals surface area (Å²) < 4.78 is 4.15. The maximum Gasteiger partial charge on any atom is 0.293 e. The number of nitrogens with zero attached hydrogens (tertiary/aromatic N) is 2. The normalized spacial score (nSPS) is 15.4. The summed E-state index contributed by atoms with van der Waals surface area (Å²) in [6, 6.07) is 0. The second kappa shape index (κ2) is 10.2. The van der Waals surface area contributed by atoms with Gasteiger partial charge < -0.3 is 9.72 Å². The number of carbonyl (C=O) groups excluding carboxylic acids is 1. The largest absolute Gasteiger partial charge is 0.468 e. The van der Waals surface area contributed by atoms with Gasteiger partial charge in [0.2, 0.25) is 0 Å². The van der Waals surface area contributed by atoms with E-state index in [-0.39, 0.29) is 0 Å². The Morgan fingerprint density at radius 2 is 2.22 bits per heavy atom. The van der Waals surface area contributed by atoms with Crippen molar-refractivity contribution in [3.63, 3.8) is 0 Å². The molecule has 6 heteroatoms. The summed E-state index contributed by atoms with van der Waals surface area (Å²) >= 11 is 1.82. The first-order valence-corrected chi connectivity index (χ1v) is 9.01. The first-order valence-electron chi connectivity index (χ1n) is 8.19. The van der Waals surface area contributed by atoms with Gasteiger partial charge in [-0.3, -0.25) is 4.79 Å². The molecule has 0 spiro atoms. The van der Waals surface area contributed by atoms with Gasteiger partial charge in [-0.25, -0.2) is 9.97 Å². The Labute approximate surface area is 142 Å². The van der Waals surface area contributed by atoms with Crippen molar-refractivity contribution in [3.05, 3.63) is 22.6 Å². The molecule has 23 heavy (non-hydrogen) atoms. The second-order valence-electron chi connectivity index (χ2n) is 5.17. The summed E-state index contributed by atoms with van der Waals surface area (Å²) in [5.41, 5.74) is 2.37. The van der Waals surface area contributed by atoms with Crippen molar-refractivity contribution in [3.8, 4) is 10.7 Å². The molecule has 3 rings (SSSR count). The molecule has 0 bridgehead atoms. The molecule has 1 atom stereocenters. The third kappa shape index (κ3) is 5.78. The molecule has 2 aromatic rings. The monoisotopic (exact) mass is 337 g/mol. The number of hydrogen-bond donors (Lipinski definition) is 1. The number of thiazole rings is 1. The van der Waals surface area contributed by atoms with Crippen LogP contribution in [0.25, 0.3) is 10.7 Å². The molecule has 2 aromatic heterocycles. The predicted molar refractivity (Wildman–Crippen MR) is 94.7 cm³/mol. The molecule has 0 aromatic carbocycles. The van der Waals surface area contributed by atoms with Crippen molar-refractivity contribution in [2.75, 3.05) is 6.61 Å².